The summed E-state index contributed by atoms with van der Waals surface area (Å²) in [4.78, 5) is 15.2. The summed E-state index contributed by atoms with van der Waals surface area (Å²) in [7, 11) is 3.49. The number of nitrogens with zero attached hydrogens (tertiary/aromatic N) is 1. The average Bonchev–Trinajstić information content (AvgIpc) is 2.67. The third kappa shape index (κ3) is 3.29. The number of carbonyl (C=O) groups is 1. The Morgan fingerprint density at radius 3 is 2.77 bits per heavy atom. The zero-order chi connectivity index (χ0) is 18.3. The fraction of sp³-hybridized carbons (Fsp3) is 0.944. The van der Waals surface area contributed by atoms with Gasteiger partial charge in [0.25, 0.3) is 0 Å². The molecule has 7 unspecified atom stereocenters. The molecule has 7 nitrogen and oxygen atoms in total. The van der Waals surface area contributed by atoms with Crippen molar-refractivity contribution in [1.29, 1.82) is 0 Å². The Labute approximate surface area is 159 Å². The maximum atomic E-state index is 13.2. The molecule has 0 spiro atoms. The fourth-order valence-electron chi connectivity index (χ4n) is 5.41. The Hall–Kier alpha value is -0.380. The van der Waals surface area contributed by atoms with Crippen molar-refractivity contribution in [3.05, 3.63) is 0 Å². The maximum absolute atomic E-state index is 13.2. The molecule has 3 heterocycles. The van der Waals surface area contributed by atoms with Gasteiger partial charge in [0.05, 0.1) is 18.1 Å². The summed E-state index contributed by atoms with van der Waals surface area (Å²) in [5, 5.41) is 17.6. The predicted octanol–water partition coefficient (Wildman–Crippen LogP) is 0.191. The van der Waals surface area contributed by atoms with E-state index in [1.165, 1.54) is 0 Å². The van der Waals surface area contributed by atoms with Gasteiger partial charge in [-0.05, 0) is 49.8 Å². The van der Waals surface area contributed by atoms with E-state index in [2.05, 4.69) is 10.6 Å². The molecule has 1 amide bonds. The fourth-order valence-corrected chi connectivity index (χ4v) is 6.56. The first kappa shape index (κ1) is 19.0. The molecule has 3 aliphatic heterocycles. The van der Waals surface area contributed by atoms with E-state index in [9.17, 15) is 9.90 Å². The van der Waals surface area contributed by atoms with Crippen molar-refractivity contribution >= 4 is 17.7 Å². The highest BCUT2D eigenvalue weighted by Crippen LogP contribution is 2.42. The van der Waals surface area contributed by atoms with Gasteiger partial charge >= 0.3 is 0 Å². The number of rotatable bonds is 3. The second-order valence-electron chi connectivity index (χ2n) is 7.96. The van der Waals surface area contributed by atoms with Gasteiger partial charge in [0.2, 0.25) is 5.91 Å². The lowest BCUT2D eigenvalue weighted by molar-refractivity contribution is -0.157. The third-order valence-corrected chi connectivity index (χ3v) is 7.96. The van der Waals surface area contributed by atoms with Gasteiger partial charge in [0.1, 0.15) is 11.7 Å². The van der Waals surface area contributed by atoms with Crippen LogP contribution in [0.5, 0.6) is 0 Å². The maximum Gasteiger partial charge on any atom is 0.233 e. The number of methoxy groups -OCH3 is 2. The van der Waals surface area contributed by atoms with Gasteiger partial charge in [-0.25, -0.2) is 0 Å². The average molecular weight is 386 g/mol. The normalized spacial score (nSPS) is 46.6. The molecule has 1 saturated carbocycles. The monoisotopic (exact) mass is 385 g/mol. The molecule has 148 valence electrons. The van der Waals surface area contributed by atoms with E-state index in [0.717, 1.165) is 44.5 Å². The van der Waals surface area contributed by atoms with Gasteiger partial charge in [-0.15, -0.1) is 11.8 Å². The number of hydrogen-bond acceptors (Lipinski definition) is 7. The number of aliphatic hydroxyl groups excluding tert-OH is 1. The first-order valence-electron chi connectivity index (χ1n) is 9.79. The van der Waals surface area contributed by atoms with E-state index in [4.69, 9.17) is 9.47 Å². The number of thioether (sulfide) groups is 1. The van der Waals surface area contributed by atoms with Crippen LogP contribution in [-0.2, 0) is 14.3 Å². The molecular weight excluding hydrogens is 354 g/mol. The molecule has 0 aromatic carbocycles. The topological polar surface area (TPSA) is 83.1 Å². The van der Waals surface area contributed by atoms with Gasteiger partial charge < -0.3 is 24.8 Å². The lowest BCUT2D eigenvalue weighted by Crippen LogP contribution is -2.69. The highest BCUT2D eigenvalue weighted by Gasteiger charge is 2.52. The first-order chi connectivity index (χ1) is 12.6. The van der Waals surface area contributed by atoms with Crippen LogP contribution in [0.4, 0.5) is 0 Å². The molecule has 4 fully saturated rings. The summed E-state index contributed by atoms with van der Waals surface area (Å²) in [6.07, 6.45) is 3.30. The Balaban J connectivity index is 1.55. The molecule has 3 saturated heterocycles. The van der Waals surface area contributed by atoms with Crippen molar-refractivity contribution in [2.24, 2.45) is 17.8 Å². The largest absolute Gasteiger partial charge is 0.379 e. The molecular formula is C18H31N3O4S. The van der Waals surface area contributed by atoms with Crippen LogP contribution in [0.2, 0.25) is 0 Å². The molecule has 1 aliphatic carbocycles. The van der Waals surface area contributed by atoms with Crippen LogP contribution >= 0.6 is 11.8 Å². The lowest BCUT2D eigenvalue weighted by Gasteiger charge is -2.52. The van der Waals surface area contributed by atoms with Crippen LogP contribution in [0, 0.1) is 17.8 Å². The number of ether oxygens (including phenoxy) is 2. The molecule has 26 heavy (non-hydrogen) atoms. The van der Waals surface area contributed by atoms with E-state index < -0.39 is 12.1 Å². The molecule has 0 radical (unpaired) electrons. The number of carbonyl (C=O) groups excluding carboxylic acids is 1. The minimum absolute atomic E-state index is 0.0212. The summed E-state index contributed by atoms with van der Waals surface area (Å²) in [6.45, 7) is 1.66. The van der Waals surface area contributed by atoms with Crippen LogP contribution in [0.25, 0.3) is 0 Å². The second kappa shape index (κ2) is 7.93. The van der Waals surface area contributed by atoms with Crippen LogP contribution in [0.1, 0.15) is 25.7 Å². The van der Waals surface area contributed by atoms with Crippen LogP contribution < -0.4 is 10.6 Å². The molecule has 0 aromatic rings. The molecule has 0 bridgehead atoms. The zero-order valence-electron chi connectivity index (χ0n) is 15.6. The minimum Gasteiger partial charge on any atom is -0.379 e. The van der Waals surface area contributed by atoms with Crippen LogP contribution in [0.15, 0.2) is 0 Å². The second-order valence-corrected chi connectivity index (χ2v) is 9.15. The number of nitrogens with one attached hydrogen (secondary N) is 2. The number of amides is 1. The Morgan fingerprint density at radius 1 is 1.23 bits per heavy atom. The smallest absolute Gasteiger partial charge is 0.233 e. The number of piperidine rings is 1. The van der Waals surface area contributed by atoms with Gasteiger partial charge in [0.15, 0.2) is 0 Å². The minimum atomic E-state index is -0.799. The number of hydrogen-bond donors (Lipinski definition) is 3. The first-order valence-corrected chi connectivity index (χ1v) is 10.8. The van der Waals surface area contributed by atoms with E-state index in [0.29, 0.717) is 11.8 Å². The highest BCUT2D eigenvalue weighted by molar-refractivity contribution is 7.99. The van der Waals surface area contributed by atoms with Crippen LogP contribution in [-0.4, -0.2) is 79.0 Å². The molecule has 8 heteroatoms. The van der Waals surface area contributed by atoms with E-state index in [1.807, 2.05) is 4.90 Å². The van der Waals surface area contributed by atoms with Gasteiger partial charge in [-0.1, -0.05) is 0 Å². The van der Waals surface area contributed by atoms with Crippen molar-refractivity contribution in [2.75, 3.05) is 33.1 Å². The summed E-state index contributed by atoms with van der Waals surface area (Å²) in [5.74, 6) is 1.51. The van der Waals surface area contributed by atoms with Crippen molar-refractivity contribution in [1.82, 2.24) is 15.5 Å². The number of fused-ring (bicyclic) bond motifs is 2. The molecule has 8 atom stereocenters. The Morgan fingerprint density at radius 2 is 2.00 bits per heavy atom. The van der Waals surface area contributed by atoms with Gasteiger partial charge in [-0.3, -0.25) is 10.1 Å². The highest BCUT2D eigenvalue weighted by atomic mass is 32.2. The number of aliphatic hydroxyl groups is 1. The van der Waals surface area contributed by atoms with E-state index in [-0.39, 0.29) is 29.7 Å². The third-order valence-electron chi connectivity index (χ3n) is 6.73. The van der Waals surface area contributed by atoms with Crippen molar-refractivity contribution in [3.8, 4) is 0 Å². The molecule has 3 N–H and O–H groups in total. The Kier molecular flexibility index (Phi) is 5.78. The van der Waals surface area contributed by atoms with Crippen LogP contribution in [0.3, 0.4) is 0 Å². The van der Waals surface area contributed by atoms with Crippen molar-refractivity contribution < 1.29 is 19.4 Å². The lowest BCUT2D eigenvalue weighted by atomic mass is 9.66. The standard InChI is InChI=1S/C18H31N3O4S/c1-24-12-8-10-4-5-19-15(11(10)9-13(12)25-2)14-16(22)20-18-21(17(14)23)6-3-7-26-18/h10-16,18-20,22H,3-9H2,1-2H3/t10?,11?,12?,13?,14?,15-,16?,18?/m1/s1. The summed E-state index contributed by atoms with van der Waals surface area (Å²) in [5.41, 5.74) is -0.0853. The van der Waals surface area contributed by atoms with Crippen molar-refractivity contribution in [3.63, 3.8) is 0 Å². The van der Waals surface area contributed by atoms with Crippen molar-refractivity contribution in [2.45, 2.75) is 55.7 Å². The summed E-state index contributed by atoms with van der Waals surface area (Å²) < 4.78 is 11.3. The van der Waals surface area contributed by atoms with Gasteiger partial charge in [-0.2, -0.15) is 0 Å². The summed E-state index contributed by atoms with van der Waals surface area (Å²) >= 11 is 1.71. The Bertz CT molecular complexity index is 525. The molecule has 4 aliphatic rings. The SMILES string of the molecule is COC1CC2CCN[C@@H](C3C(=O)N4CCCSC4NC3O)C2CC1OC. The van der Waals surface area contributed by atoms with E-state index >= 15 is 0 Å². The van der Waals surface area contributed by atoms with Gasteiger partial charge in [0, 0.05) is 26.8 Å². The quantitative estimate of drug-likeness (QED) is 0.640. The zero-order valence-corrected chi connectivity index (χ0v) is 16.4. The molecule has 4 rings (SSSR count). The summed E-state index contributed by atoms with van der Waals surface area (Å²) in [6, 6.07) is -0.0212. The predicted molar refractivity (Wildman–Crippen MR) is 99.4 cm³/mol. The van der Waals surface area contributed by atoms with E-state index in [1.54, 1.807) is 26.0 Å². The molecule has 0 aromatic heterocycles.